The maximum Gasteiger partial charge on any atom is 0.416 e. The Kier molecular flexibility index (Phi) is 7.01. The van der Waals surface area contributed by atoms with Crippen LogP contribution in [0.5, 0.6) is 11.5 Å². The number of thiazole rings is 1. The molecule has 0 fully saturated rings. The normalized spacial score (nSPS) is 15.5. The molecule has 3 heterocycles. The second-order valence-corrected chi connectivity index (χ2v) is 10.8. The molecule has 0 bridgehead atoms. The molecule has 2 aromatic carbocycles. The lowest BCUT2D eigenvalue weighted by atomic mass is 10.0. The van der Waals surface area contributed by atoms with E-state index in [4.69, 9.17) is 9.47 Å². The van der Waals surface area contributed by atoms with Gasteiger partial charge in [0, 0.05) is 41.4 Å². The Morgan fingerprint density at radius 3 is 2.74 bits per heavy atom. The van der Waals surface area contributed by atoms with Crippen molar-refractivity contribution in [3.8, 4) is 22.8 Å². The van der Waals surface area contributed by atoms with Gasteiger partial charge in [0.15, 0.2) is 5.13 Å². The summed E-state index contributed by atoms with van der Waals surface area (Å²) < 4.78 is 94.6. The first kappa shape index (κ1) is 26.0. The molecular weight excluding hydrogens is 548 g/mol. The molecule has 2 aromatic heterocycles. The maximum absolute atomic E-state index is 13.5. The largest absolute Gasteiger partial charge is 0.493 e. The van der Waals surface area contributed by atoms with E-state index in [1.54, 1.807) is 11.4 Å². The second-order valence-electron chi connectivity index (χ2n) is 8.22. The van der Waals surface area contributed by atoms with Crippen molar-refractivity contribution in [1.29, 1.82) is 0 Å². The quantitative estimate of drug-likeness (QED) is 0.274. The average Bonchev–Trinajstić information content (AvgIpc) is 3.56. The van der Waals surface area contributed by atoms with E-state index in [9.17, 15) is 26.0 Å². The summed E-state index contributed by atoms with van der Waals surface area (Å²) in [5.41, 5.74) is 0.0202. The molecule has 14 heteroatoms. The number of hydrogen-bond donors (Lipinski definition) is 1. The molecule has 0 aliphatic carbocycles. The second kappa shape index (κ2) is 10.3. The fourth-order valence-electron chi connectivity index (χ4n) is 4.06. The van der Waals surface area contributed by atoms with Crippen LogP contribution in [0.4, 0.5) is 22.7 Å². The van der Waals surface area contributed by atoms with E-state index in [-0.39, 0.29) is 45.9 Å². The van der Waals surface area contributed by atoms with Gasteiger partial charge in [0.1, 0.15) is 24.3 Å². The number of anilines is 1. The highest BCUT2D eigenvalue weighted by molar-refractivity contribution is 7.93. The smallest absolute Gasteiger partial charge is 0.416 e. The van der Waals surface area contributed by atoms with Gasteiger partial charge < -0.3 is 9.47 Å². The van der Waals surface area contributed by atoms with Crippen LogP contribution in [0.25, 0.3) is 11.3 Å². The maximum atomic E-state index is 13.5. The van der Waals surface area contributed by atoms with Gasteiger partial charge in [0.25, 0.3) is 10.0 Å². The van der Waals surface area contributed by atoms with Crippen LogP contribution >= 0.6 is 11.3 Å². The number of ether oxygens (including phenoxy) is 2. The van der Waals surface area contributed by atoms with Gasteiger partial charge >= 0.3 is 6.18 Å². The molecule has 1 aliphatic rings. The van der Waals surface area contributed by atoms with Crippen molar-refractivity contribution in [2.24, 2.45) is 0 Å². The molecule has 0 amide bonds. The molecule has 0 unspecified atom stereocenters. The Bertz CT molecular complexity index is 1540. The van der Waals surface area contributed by atoms with Crippen molar-refractivity contribution in [1.82, 2.24) is 14.8 Å². The molecule has 0 saturated heterocycles. The Morgan fingerprint density at radius 1 is 1.16 bits per heavy atom. The summed E-state index contributed by atoms with van der Waals surface area (Å²) >= 11 is 1.13. The van der Waals surface area contributed by atoms with Gasteiger partial charge in [-0.2, -0.15) is 18.3 Å². The minimum Gasteiger partial charge on any atom is -0.493 e. The van der Waals surface area contributed by atoms with Crippen molar-refractivity contribution in [3.05, 3.63) is 71.4 Å². The van der Waals surface area contributed by atoms with Gasteiger partial charge in [-0.1, -0.05) is 6.07 Å². The van der Waals surface area contributed by atoms with E-state index in [0.29, 0.717) is 12.0 Å². The number of aryl methyl sites for hydroxylation is 1. The van der Waals surface area contributed by atoms with Crippen LogP contribution in [-0.4, -0.2) is 36.5 Å². The lowest BCUT2D eigenvalue weighted by Crippen LogP contribution is -2.20. The van der Waals surface area contributed by atoms with Gasteiger partial charge in [-0.3, -0.25) is 9.40 Å². The summed E-state index contributed by atoms with van der Waals surface area (Å²) in [5, 5.41) is 5.86. The Hall–Kier alpha value is -3.65. The Labute approximate surface area is 218 Å². The SMILES string of the molecule is O=S(=O)(Nc1nccs1)c1ccc2c(c1)OCC[C@H]2Oc1ccc(C(F)(F)F)cc1-c1ccnn1CCF. The van der Waals surface area contributed by atoms with Crippen LogP contribution in [0, 0.1) is 0 Å². The Morgan fingerprint density at radius 2 is 2.00 bits per heavy atom. The highest BCUT2D eigenvalue weighted by Crippen LogP contribution is 2.42. The molecule has 8 nitrogen and oxygen atoms in total. The van der Waals surface area contributed by atoms with Crippen molar-refractivity contribution in [2.75, 3.05) is 18.0 Å². The third-order valence-electron chi connectivity index (χ3n) is 5.80. The minimum atomic E-state index is -4.60. The first-order valence-electron chi connectivity index (χ1n) is 11.3. The Balaban J connectivity index is 1.48. The highest BCUT2D eigenvalue weighted by atomic mass is 32.2. The molecular formula is C24H20F4N4O4S2. The van der Waals surface area contributed by atoms with E-state index in [1.165, 1.54) is 41.3 Å². The fraction of sp³-hybridized carbons (Fsp3) is 0.250. The third-order valence-corrected chi connectivity index (χ3v) is 7.95. The predicted octanol–water partition coefficient (Wildman–Crippen LogP) is 5.70. The molecule has 0 spiro atoms. The summed E-state index contributed by atoms with van der Waals surface area (Å²) in [6.07, 6.45) is -2.03. The van der Waals surface area contributed by atoms with Crippen molar-refractivity contribution in [2.45, 2.75) is 30.1 Å². The number of nitrogens with zero attached hydrogens (tertiary/aromatic N) is 3. The zero-order valence-corrected chi connectivity index (χ0v) is 21.1. The standard InChI is InChI=1S/C24H20F4N4O4S2/c25-7-10-32-19(5-8-30-32)18-13-15(24(26,27)28)1-4-20(18)36-21-6-11-35-22-14-16(2-3-17(21)22)38(33,34)31-23-29-9-12-37-23/h1-5,8-9,12-14,21H,6-7,10-11H2,(H,29,31)/t21-/m1/s1. The summed E-state index contributed by atoms with van der Waals surface area (Å²) in [5.74, 6) is 0.415. The number of nitrogens with one attached hydrogen (secondary N) is 1. The van der Waals surface area contributed by atoms with E-state index in [1.807, 2.05) is 0 Å². The highest BCUT2D eigenvalue weighted by Gasteiger charge is 2.33. The van der Waals surface area contributed by atoms with Gasteiger partial charge in [0.2, 0.25) is 0 Å². The van der Waals surface area contributed by atoms with Crippen LogP contribution in [-0.2, 0) is 22.7 Å². The molecule has 5 rings (SSSR count). The monoisotopic (exact) mass is 568 g/mol. The summed E-state index contributed by atoms with van der Waals surface area (Å²) in [4.78, 5) is 3.88. The van der Waals surface area contributed by atoms with Crippen molar-refractivity contribution < 1.29 is 35.5 Å². The molecule has 4 aromatic rings. The predicted molar refractivity (Wildman–Crippen MR) is 131 cm³/mol. The zero-order valence-electron chi connectivity index (χ0n) is 19.5. The van der Waals surface area contributed by atoms with E-state index in [0.717, 1.165) is 23.5 Å². The minimum absolute atomic E-state index is 0.0440. The molecule has 1 atom stereocenters. The third kappa shape index (κ3) is 5.31. The molecule has 0 radical (unpaired) electrons. The fourth-order valence-corrected chi connectivity index (χ4v) is 5.86. The van der Waals surface area contributed by atoms with Gasteiger partial charge in [-0.15, -0.1) is 11.3 Å². The van der Waals surface area contributed by atoms with Crippen LogP contribution < -0.4 is 14.2 Å². The molecule has 1 aliphatic heterocycles. The van der Waals surface area contributed by atoms with Crippen molar-refractivity contribution >= 4 is 26.5 Å². The van der Waals surface area contributed by atoms with Gasteiger partial charge in [0.05, 0.1) is 29.3 Å². The number of alkyl halides is 4. The number of fused-ring (bicyclic) bond motifs is 1. The number of hydrogen-bond acceptors (Lipinski definition) is 7. The number of halogens is 4. The molecule has 38 heavy (non-hydrogen) atoms. The lowest BCUT2D eigenvalue weighted by molar-refractivity contribution is -0.137. The number of sulfonamides is 1. The van der Waals surface area contributed by atoms with Gasteiger partial charge in [-0.25, -0.2) is 17.8 Å². The summed E-state index contributed by atoms with van der Waals surface area (Å²) in [6.45, 7) is -0.693. The van der Waals surface area contributed by atoms with Crippen LogP contribution in [0.15, 0.2) is 65.1 Å². The van der Waals surface area contributed by atoms with Crippen molar-refractivity contribution in [3.63, 3.8) is 0 Å². The first-order chi connectivity index (χ1) is 18.2. The molecule has 200 valence electrons. The van der Waals surface area contributed by atoms with E-state index >= 15 is 0 Å². The molecule has 1 N–H and O–H groups in total. The number of aromatic nitrogens is 3. The van der Waals surface area contributed by atoms with Crippen LogP contribution in [0.3, 0.4) is 0 Å². The average molecular weight is 569 g/mol. The summed E-state index contributed by atoms with van der Waals surface area (Å²) in [7, 11) is -3.93. The van der Waals surface area contributed by atoms with Gasteiger partial charge in [-0.05, 0) is 30.3 Å². The lowest BCUT2D eigenvalue weighted by Gasteiger charge is -2.28. The first-order valence-corrected chi connectivity index (χ1v) is 13.7. The number of rotatable bonds is 8. The van der Waals surface area contributed by atoms with Crippen LogP contribution in [0.1, 0.15) is 23.7 Å². The topological polar surface area (TPSA) is 95.3 Å². The zero-order chi connectivity index (χ0) is 26.9. The van der Waals surface area contributed by atoms with Crippen LogP contribution in [0.2, 0.25) is 0 Å². The van der Waals surface area contributed by atoms with E-state index < -0.39 is 34.5 Å². The van der Waals surface area contributed by atoms with E-state index in [2.05, 4.69) is 14.8 Å². The summed E-state index contributed by atoms with van der Waals surface area (Å²) in [6, 6.07) is 8.87. The number of benzene rings is 2. The molecule has 0 saturated carbocycles.